The van der Waals surface area contributed by atoms with Crippen molar-refractivity contribution in [1.29, 1.82) is 0 Å². The Morgan fingerprint density at radius 1 is 1.13 bits per heavy atom. The van der Waals surface area contributed by atoms with Gasteiger partial charge in [0.1, 0.15) is 9.83 Å². The van der Waals surface area contributed by atoms with Gasteiger partial charge in [-0.2, -0.15) is 18.3 Å². The van der Waals surface area contributed by atoms with Crippen LogP contribution in [0.15, 0.2) is 42.5 Å². The number of nitrogens with zero attached hydrogens (tertiary/aromatic N) is 2. The van der Waals surface area contributed by atoms with Crippen LogP contribution in [-0.2, 0) is 10.9 Å². The van der Waals surface area contributed by atoms with Crippen molar-refractivity contribution in [2.24, 2.45) is 0 Å². The Bertz CT molecular complexity index is 1290. The molecule has 1 aromatic carbocycles. The molecule has 0 unspecified atom stereocenters. The van der Waals surface area contributed by atoms with Crippen molar-refractivity contribution in [3.8, 4) is 5.69 Å². The maximum absolute atomic E-state index is 13.6. The third kappa shape index (κ3) is 3.93. The Balaban J connectivity index is 1.77. The summed E-state index contributed by atoms with van der Waals surface area (Å²) < 4.78 is 46.6. The van der Waals surface area contributed by atoms with Crippen LogP contribution in [0.5, 0.6) is 0 Å². The molecule has 0 spiro atoms. The van der Waals surface area contributed by atoms with E-state index in [1.807, 2.05) is 0 Å². The van der Waals surface area contributed by atoms with Gasteiger partial charge in [-0.05, 0) is 31.2 Å². The second-order valence-corrected chi connectivity index (χ2v) is 8.76. The van der Waals surface area contributed by atoms with Crippen LogP contribution < -0.4 is 5.32 Å². The summed E-state index contributed by atoms with van der Waals surface area (Å²) >= 11 is 2.06. The lowest BCUT2D eigenvalue weighted by Crippen LogP contribution is -2.12. The zero-order valence-corrected chi connectivity index (χ0v) is 17.7. The number of alkyl halides is 3. The molecular weight excluding hydrogens is 451 g/mol. The molecule has 0 radical (unpaired) electrons. The first kappa shape index (κ1) is 21.1. The molecule has 0 saturated heterocycles. The van der Waals surface area contributed by atoms with Gasteiger partial charge >= 0.3 is 12.1 Å². The van der Waals surface area contributed by atoms with Gasteiger partial charge in [0.25, 0.3) is 5.91 Å². The fraction of sp³-hybridized carbons (Fsp3) is 0.150. The Morgan fingerprint density at radius 3 is 2.48 bits per heavy atom. The van der Waals surface area contributed by atoms with Gasteiger partial charge in [-0.25, -0.2) is 9.48 Å². The lowest BCUT2D eigenvalue weighted by atomic mass is 10.2. The van der Waals surface area contributed by atoms with E-state index < -0.39 is 23.7 Å². The highest BCUT2D eigenvalue weighted by Crippen LogP contribution is 2.39. The number of nitrogens with one attached hydrogen (secondary N) is 1. The first-order valence-electron chi connectivity index (χ1n) is 8.84. The minimum atomic E-state index is -4.68. The molecule has 4 rings (SSSR count). The largest absolute Gasteiger partial charge is 0.465 e. The van der Waals surface area contributed by atoms with Crippen LogP contribution in [0.3, 0.4) is 0 Å². The molecule has 3 aromatic heterocycles. The van der Waals surface area contributed by atoms with Gasteiger partial charge in [-0.15, -0.1) is 22.7 Å². The van der Waals surface area contributed by atoms with E-state index in [1.165, 1.54) is 29.2 Å². The number of methoxy groups -OCH3 is 1. The first-order valence-corrected chi connectivity index (χ1v) is 10.5. The van der Waals surface area contributed by atoms with Crippen molar-refractivity contribution in [3.05, 3.63) is 63.5 Å². The van der Waals surface area contributed by atoms with Crippen LogP contribution in [0.25, 0.3) is 15.9 Å². The number of thiophene rings is 2. The number of aryl methyl sites for hydroxylation is 1. The van der Waals surface area contributed by atoms with Gasteiger partial charge in [-0.1, -0.05) is 18.2 Å². The number of rotatable bonds is 4. The number of carbonyl (C=O) groups is 2. The van der Waals surface area contributed by atoms with Crippen molar-refractivity contribution < 1.29 is 27.5 Å². The molecule has 0 aliphatic rings. The van der Waals surface area contributed by atoms with Crippen LogP contribution in [0, 0.1) is 6.92 Å². The van der Waals surface area contributed by atoms with Gasteiger partial charge in [-0.3, -0.25) is 4.79 Å². The average molecular weight is 465 g/mol. The average Bonchev–Trinajstić information content (AvgIpc) is 3.40. The number of hydrogen-bond acceptors (Lipinski definition) is 6. The number of anilines is 1. The predicted octanol–water partition coefficient (Wildman–Crippen LogP) is 5.51. The Labute approximate surface area is 181 Å². The molecule has 1 N–H and O–H groups in total. The molecule has 6 nitrogen and oxygen atoms in total. The van der Waals surface area contributed by atoms with Crippen LogP contribution in [0.1, 0.15) is 30.6 Å². The van der Waals surface area contributed by atoms with E-state index >= 15 is 0 Å². The fourth-order valence-corrected chi connectivity index (χ4v) is 4.93. The zero-order chi connectivity index (χ0) is 22.3. The highest BCUT2D eigenvalue weighted by Gasteiger charge is 2.38. The van der Waals surface area contributed by atoms with Gasteiger partial charge in [0.05, 0.1) is 23.2 Å². The van der Waals surface area contributed by atoms with Gasteiger partial charge < -0.3 is 10.1 Å². The van der Waals surface area contributed by atoms with E-state index in [2.05, 4.69) is 10.4 Å². The van der Waals surface area contributed by atoms with Crippen LogP contribution in [0.4, 0.5) is 18.2 Å². The second-order valence-electron chi connectivity index (χ2n) is 6.47. The standard InChI is InChI=1S/C20H14F3N3O3S2/c1-10-8-13(19(28)29-2)17(30-10)24-16(27)14-9-12-15(20(21,22)23)25-26(18(12)31-14)11-6-4-3-5-7-11/h3-9H,1-2H3,(H,24,27). The summed E-state index contributed by atoms with van der Waals surface area (Å²) in [6.07, 6.45) is -4.68. The highest BCUT2D eigenvalue weighted by atomic mass is 32.1. The van der Waals surface area contributed by atoms with Crippen LogP contribution in [-0.4, -0.2) is 28.8 Å². The Hall–Kier alpha value is -3.18. The smallest absolute Gasteiger partial charge is 0.435 e. The topological polar surface area (TPSA) is 73.2 Å². The van der Waals surface area contributed by atoms with E-state index in [9.17, 15) is 22.8 Å². The number of fused-ring (bicyclic) bond motifs is 1. The van der Waals surface area contributed by atoms with Crippen LogP contribution in [0.2, 0.25) is 0 Å². The zero-order valence-electron chi connectivity index (χ0n) is 16.1. The number of amides is 1. The van der Waals surface area contributed by atoms with Crippen molar-refractivity contribution in [1.82, 2.24) is 9.78 Å². The van der Waals surface area contributed by atoms with Gasteiger partial charge in [0, 0.05) is 10.3 Å². The summed E-state index contributed by atoms with van der Waals surface area (Å²) in [7, 11) is 1.22. The number of halogens is 3. The Kier molecular flexibility index (Phi) is 5.31. The quantitative estimate of drug-likeness (QED) is 0.403. The molecule has 4 aromatic rings. The molecule has 1 amide bonds. The number of benzene rings is 1. The van der Waals surface area contributed by atoms with Crippen molar-refractivity contribution in [3.63, 3.8) is 0 Å². The molecule has 3 heterocycles. The number of ether oxygens (including phenoxy) is 1. The van der Waals surface area contributed by atoms with Gasteiger partial charge in [0.2, 0.25) is 0 Å². The summed E-state index contributed by atoms with van der Waals surface area (Å²) in [4.78, 5) is 25.7. The molecule has 11 heteroatoms. The third-order valence-electron chi connectivity index (χ3n) is 4.34. The monoisotopic (exact) mass is 465 g/mol. The fourth-order valence-electron chi connectivity index (χ4n) is 3.01. The van der Waals surface area contributed by atoms with E-state index in [4.69, 9.17) is 4.74 Å². The normalized spacial score (nSPS) is 11.6. The number of esters is 1. The van der Waals surface area contributed by atoms with E-state index in [-0.39, 0.29) is 25.7 Å². The number of aromatic nitrogens is 2. The van der Waals surface area contributed by atoms with Crippen molar-refractivity contribution in [2.45, 2.75) is 13.1 Å². The van der Waals surface area contributed by atoms with Gasteiger partial charge in [0.15, 0.2) is 5.69 Å². The van der Waals surface area contributed by atoms with Crippen molar-refractivity contribution >= 4 is 49.8 Å². The minimum Gasteiger partial charge on any atom is -0.465 e. The minimum absolute atomic E-state index is 0.0597. The predicted molar refractivity (Wildman–Crippen MR) is 112 cm³/mol. The summed E-state index contributed by atoms with van der Waals surface area (Å²) in [6, 6.07) is 11.1. The molecule has 160 valence electrons. The van der Waals surface area contributed by atoms with E-state index in [1.54, 1.807) is 43.3 Å². The molecule has 0 saturated carbocycles. The van der Waals surface area contributed by atoms with Crippen LogP contribution >= 0.6 is 22.7 Å². The van der Waals surface area contributed by atoms with Crippen molar-refractivity contribution in [2.75, 3.05) is 12.4 Å². The van der Waals surface area contributed by atoms with E-state index in [0.717, 1.165) is 16.2 Å². The summed E-state index contributed by atoms with van der Waals surface area (Å²) in [6.45, 7) is 1.76. The van der Waals surface area contributed by atoms with E-state index in [0.29, 0.717) is 5.69 Å². The molecule has 0 aliphatic carbocycles. The molecule has 0 aliphatic heterocycles. The molecule has 31 heavy (non-hydrogen) atoms. The SMILES string of the molecule is COC(=O)c1cc(C)sc1NC(=O)c1cc2c(C(F)(F)F)nn(-c3ccccc3)c2s1. The molecule has 0 bridgehead atoms. The summed E-state index contributed by atoms with van der Waals surface area (Å²) in [5.41, 5.74) is -0.437. The lowest BCUT2D eigenvalue weighted by molar-refractivity contribution is -0.140. The molecule has 0 atom stereocenters. The number of para-hydroxylation sites is 1. The highest BCUT2D eigenvalue weighted by molar-refractivity contribution is 7.21. The first-order chi connectivity index (χ1) is 14.7. The summed E-state index contributed by atoms with van der Waals surface area (Å²) in [5, 5.41) is 6.45. The molecule has 0 fully saturated rings. The maximum atomic E-state index is 13.6. The maximum Gasteiger partial charge on any atom is 0.435 e. The number of hydrogen-bond donors (Lipinski definition) is 1. The lowest BCUT2D eigenvalue weighted by Gasteiger charge is -2.05. The molecular formula is C20H14F3N3O3S2. The third-order valence-corrected chi connectivity index (χ3v) is 6.42. The number of carbonyl (C=O) groups excluding carboxylic acids is 2. The Morgan fingerprint density at radius 2 is 1.84 bits per heavy atom. The second kappa shape index (κ2) is 7.82. The summed E-state index contributed by atoms with van der Waals surface area (Å²) in [5.74, 6) is -1.24.